The number of amides is 1. The number of fused-ring (bicyclic) bond motifs is 1. The summed E-state index contributed by atoms with van der Waals surface area (Å²) in [5.41, 5.74) is 2.47. The fourth-order valence-electron chi connectivity index (χ4n) is 4.00. The predicted molar refractivity (Wildman–Crippen MR) is 126 cm³/mol. The Bertz CT molecular complexity index is 1040. The number of ether oxygens (including phenoxy) is 1. The van der Waals surface area contributed by atoms with Crippen LogP contribution in [0.2, 0.25) is 0 Å². The van der Waals surface area contributed by atoms with Crippen molar-refractivity contribution in [1.82, 2.24) is 9.88 Å². The van der Waals surface area contributed by atoms with E-state index >= 15 is 0 Å². The van der Waals surface area contributed by atoms with Gasteiger partial charge in [-0.2, -0.15) is 0 Å². The van der Waals surface area contributed by atoms with Crippen LogP contribution in [0.25, 0.3) is 10.9 Å². The van der Waals surface area contributed by atoms with Crippen LogP contribution in [-0.2, 0) is 4.74 Å². The molecule has 6 nitrogen and oxygen atoms in total. The highest BCUT2D eigenvalue weighted by Gasteiger charge is 2.25. The van der Waals surface area contributed by atoms with E-state index in [0.29, 0.717) is 12.3 Å². The number of piperidine rings is 1. The summed E-state index contributed by atoms with van der Waals surface area (Å²) in [5, 5.41) is 3.86. The van der Waals surface area contributed by atoms with E-state index in [9.17, 15) is 9.59 Å². The van der Waals surface area contributed by atoms with Gasteiger partial charge in [0.25, 0.3) is 0 Å². The molecule has 1 aromatic heterocycles. The molecule has 31 heavy (non-hydrogen) atoms. The van der Waals surface area contributed by atoms with Crippen molar-refractivity contribution >= 4 is 44.4 Å². The maximum Gasteiger partial charge on any atom is 0.411 e. The fraction of sp³-hybridized carbons (Fsp3) is 0.333. The number of carbonyl (C=O) groups is 2. The minimum Gasteiger partial charge on any atom is -0.449 e. The SMILES string of the molecule is O=C(Nc1ccc2cc[nH]c2c1)OCCCN1CCC(C(=O)c2ccc(Br)cc2)CC1. The molecule has 1 aliphatic rings. The summed E-state index contributed by atoms with van der Waals surface area (Å²) in [4.78, 5) is 30.1. The van der Waals surface area contributed by atoms with Crippen LogP contribution in [0, 0.1) is 5.92 Å². The highest BCUT2D eigenvalue weighted by atomic mass is 79.9. The second kappa shape index (κ2) is 10.1. The van der Waals surface area contributed by atoms with Crippen LogP contribution in [0.15, 0.2) is 59.2 Å². The number of H-pyrrole nitrogens is 1. The summed E-state index contributed by atoms with van der Waals surface area (Å²) < 4.78 is 6.30. The van der Waals surface area contributed by atoms with E-state index in [1.54, 1.807) is 0 Å². The molecule has 7 heteroatoms. The molecule has 2 N–H and O–H groups in total. The molecule has 1 fully saturated rings. The van der Waals surface area contributed by atoms with Gasteiger partial charge in [-0.1, -0.05) is 34.1 Å². The number of halogens is 1. The van der Waals surface area contributed by atoms with Crippen molar-refractivity contribution in [2.45, 2.75) is 19.3 Å². The number of benzene rings is 2. The summed E-state index contributed by atoms with van der Waals surface area (Å²) in [6.45, 7) is 3.03. The Morgan fingerprint density at radius 3 is 2.65 bits per heavy atom. The van der Waals surface area contributed by atoms with Crippen molar-refractivity contribution in [1.29, 1.82) is 0 Å². The molecule has 0 bridgehead atoms. The van der Waals surface area contributed by atoms with Crippen molar-refractivity contribution in [2.24, 2.45) is 5.92 Å². The molecule has 0 spiro atoms. The Morgan fingerprint density at radius 1 is 1.10 bits per heavy atom. The number of hydrogen-bond acceptors (Lipinski definition) is 4. The van der Waals surface area contributed by atoms with Gasteiger partial charge >= 0.3 is 6.09 Å². The molecule has 0 saturated carbocycles. The standard InChI is InChI=1S/C24H26BrN3O3/c25-20-5-2-18(3-6-20)23(29)19-9-13-28(14-10-19)12-1-15-31-24(30)27-21-7-4-17-8-11-26-22(17)16-21/h2-8,11,16,19,26H,1,9-10,12-15H2,(H,27,30). The van der Waals surface area contributed by atoms with Gasteiger partial charge in [-0.15, -0.1) is 0 Å². The second-order valence-corrected chi connectivity index (χ2v) is 8.80. The van der Waals surface area contributed by atoms with E-state index in [-0.39, 0.29) is 11.7 Å². The summed E-state index contributed by atoms with van der Waals surface area (Å²) >= 11 is 3.41. The molecule has 1 saturated heterocycles. The third-order valence-electron chi connectivity index (χ3n) is 5.74. The van der Waals surface area contributed by atoms with Crippen molar-refractivity contribution in [3.05, 3.63) is 64.8 Å². The Labute approximate surface area is 190 Å². The van der Waals surface area contributed by atoms with Gasteiger partial charge in [-0.05, 0) is 68.1 Å². The summed E-state index contributed by atoms with van der Waals surface area (Å²) in [6.07, 6.45) is 3.94. The number of aromatic nitrogens is 1. The van der Waals surface area contributed by atoms with Crippen LogP contribution in [0.3, 0.4) is 0 Å². The molecule has 1 amide bonds. The van der Waals surface area contributed by atoms with Crippen LogP contribution < -0.4 is 5.32 Å². The van der Waals surface area contributed by atoms with Crippen molar-refractivity contribution in [2.75, 3.05) is 31.6 Å². The van der Waals surface area contributed by atoms with E-state index < -0.39 is 6.09 Å². The zero-order chi connectivity index (χ0) is 21.6. The van der Waals surface area contributed by atoms with E-state index in [4.69, 9.17) is 4.74 Å². The smallest absolute Gasteiger partial charge is 0.411 e. The molecule has 0 unspecified atom stereocenters. The van der Waals surface area contributed by atoms with E-state index in [1.165, 1.54) is 0 Å². The van der Waals surface area contributed by atoms with Crippen LogP contribution in [0.5, 0.6) is 0 Å². The summed E-state index contributed by atoms with van der Waals surface area (Å²) in [5.74, 6) is 0.334. The number of aromatic amines is 1. The van der Waals surface area contributed by atoms with Gasteiger partial charge in [0, 0.05) is 39.9 Å². The molecule has 2 aromatic carbocycles. The van der Waals surface area contributed by atoms with E-state index in [2.05, 4.69) is 31.1 Å². The van der Waals surface area contributed by atoms with Gasteiger partial charge in [0.2, 0.25) is 0 Å². The normalized spacial score (nSPS) is 15.1. The lowest BCUT2D eigenvalue weighted by Gasteiger charge is -2.31. The number of rotatable bonds is 7. The topological polar surface area (TPSA) is 74.4 Å². The molecule has 1 aliphatic heterocycles. The molecule has 3 aromatic rings. The van der Waals surface area contributed by atoms with Crippen LogP contribution in [-0.4, -0.2) is 48.0 Å². The first-order chi connectivity index (χ1) is 15.1. The first-order valence-electron chi connectivity index (χ1n) is 10.6. The zero-order valence-corrected chi connectivity index (χ0v) is 18.9. The Balaban J connectivity index is 1.13. The number of anilines is 1. The van der Waals surface area contributed by atoms with E-state index in [1.807, 2.05) is 54.7 Å². The molecular formula is C24H26BrN3O3. The van der Waals surface area contributed by atoms with Gasteiger partial charge in [-0.25, -0.2) is 4.79 Å². The molecular weight excluding hydrogens is 458 g/mol. The third-order valence-corrected chi connectivity index (χ3v) is 6.27. The molecule has 2 heterocycles. The van der Waals surface area contributed by atoms with Crippen LogP contribution in [0.1, 0.15) is 29.6 Å². The van der Waals surface area contributed by atoms with Crippen molar-refractivity contribution in [3.8, 4) is 0 Å². The zero-order valence-electron chi connectivity index (χ0n) is 17.3. The predicted octanol–water partition coefficient (Wildman–Crippen LogP) is 5.46. The number of nitrogens with zero attached hydrogens (tertiary/aromatic N) is 1. The summed E-state index contributed by atoms with van der Waals surface area (Å²) in [6, 6.07) is 15.3. The van der Waals surface area contributed by atoms with Gasteiger partial charge < -0.3 is 14.6 Å². The lowest BCUT2D eigenvalue weighted by atomic mass is 9.89. The maximum absolute atomic E-state index is 12.7. The average Bonchev–Trinajstić information content (AvgIpc) is 3.25. The second-order valence-electron chi connectivity index (χ2n) is 7.88. The number of Topliss-reactive ketones (excluding diaryl/α,β-unsaturated/α-hetero) is 1. The van der Waals surface area contributed by atoms with Crippen LogP contribution in [0.4, 0.5) is 10.5 Å². The number of ketones is 1. The quantitative estimate of drug-likeness (QED) is 0.345. The van der Waals surface area contributed by atoms with Gasteiger partial charge in [-0.3, -0.25) is 10.1 Å². The summed E-state index contributed by atoms with van der Waals surface area (Å²) in [7, 11) is 0. The maximum atomic E-state index is 12.7. The average molecular weight is 484 g/mol. The fourth-order valence-corrected chi connectivity index (χ4v) is 4.27. The number of likely N-dealkylation sites (tertiary alicyclic amines) is 1. The first-order valence-corrected chi connectivity index (χ1v) is 11.4. The van der Waals surface area contributed by atoms with Gasteiger partial charge in [0.05, 0.1) is 6.61 Å². The van der Waals surface area contributed by atoms with Crippen LogP contribution >= 0.6 is 15.9 Å². The van der Waals surface area contributed by atoms with E-state index in [0.717, 1.165) is 59.8 Å². The van der Waals surface area contributed by atoms with Crippen molar-refractivity contribution < 1.29 is 14.3 Å². The minimum absolute atomic E-state index is 0.0939. The number of carbonyl (C=O) groups excluding carboxylic acids is 2. The first kappa shape index (κ1) is 21.6. The van der Waals surface area contributed by atoms with Crippen molar-refractivity contribution in [3.63, 3.8) is 0 Å². The molecule has 162 valence electrons. The Hall–Kier alpha value is -2.64. The molecule has 4 rings (SSSR count). The molecule has 0 atom stereocenters. The van der Waals surface area contributed by atoms with Gasteiger partial charge in [0.15, 0.2) is 5.78 Å². The Kier molecular flexibility index (Phi) is 7.04. The highest BCUT2D eigenvalue weighted by molar-refractivity contribution is 9.10. The molecule has 0 radical (unpaired) electrons. The largest absolute Gasteiger partial charge is 0.449 e. The molecule has 0 aliphatic carbocycles. The minimum atomic E-state index is -0.440. The third kappa shape index (κ3) is 5.74. The monoisotopic (exact) mass is 483 g/mol. The number of hydrogen-bond donors (Lipinski definition) is 2. The Morgan fingerprint density at radius 2 is 1.87 bits per heavy atom. The lowest BCUT2D eigenvalue weighted by molar-refractivity contribution is 0.0830. The van der Waals surface area contributed by atoms with Gasteiger partial charge in [0.1, 0.15) is 0 Å². The number of nitrogens with one attached hydrogen (secondary N) is 2. The lowest BCUT2D eigenvalue weighted by Crippen LogP contribution is -2.37. The highest BCUT2D eigenvalue weighted by Crippen LogP contribution is 2.23.